The Morgan fingerprint density at radius 3 is 2.60 bits per heavy atom. The molecule has 110 valence electrons. The van der Waals surface area contributed by atoms with Gasteiger partial charge in [-0.1, -0.05) is 12.1 Å². The summed E-state index contributed by atoms with van der Waals surface area (Å²) in [7, 11) is 0. The number of para-hydroxylation sites is 2. The number of rotatable bonds is 5. The number of piperidine rings is 1. The van der Waals surface area contributed by atoms with Crippen LogP contribution in [-0.2, 0) is 4.79 Å². The quantitative estimate of drug-likeness (QED) is 0.868. The van der Waals surface area contributed by atoms with Gasteiger partial charge in [-0.05, 0) is 45.2 Å². The molecule has 0 aromatic heterocycles. The molecule has 1 saturated heterocycles. The smallest absolute Gasteiger partial charge is 0.239 e. The van der Waals surface area contributed by atoms with Gasteiger partial charge < -0.3 is 15.5 Å². The highest BCUT2D eigenvalue weighted by atomic mass is 16.1. The van der Waals surface area contributed by atoms with Gasteiger partial charge in [0.1, 0.15) is 0 Å². The van der Waals surface area contributed by atoms with Crippen LogP contribution < -0.4 is 15.5 Å². The van der Waals surface area contributed by atoms with Crippen molar-refractivity contribution in [2.45, 2.75) is 39.2 Å². The van der Waals surface area contributed by atoms with Gasteiger partial charge >= 0.3 is 0 Å². The summed E-state index contributed by atoms with van der Waals surface area (Å²) in [5, 5.41) is 6.16. The molecule has 0 radical (unpaired) electrons. The molecule has 1 aliphatic heterocycles. The number of hydrogen-bond acceptors (Lipinski definition) is 3. The summed E-state index contributed by atoms with van der Waals surface area (Å²) in [6, 6.07) is 8.43. The van der Waals surface area contributed by atoms with Gasteiger partial charge in [0.05, 0.1) is 17.9 Å². The van der Waals surface area contributed by atoms with E-state index in [-0.39, 0.29) is 11.9 Å². The van der Waals surface area contributed by atoms with Gasteiger partial charge in [0.2, 0.25) is 5.91 Å². The van der Waals surface area contributed by atoms with Crippen molar-refractivity contribution in [2.24, 2.45) is 0 Å². The molecule has 20 heavy (non-hydrogen) atoms. The number of nitrogens with one attached hydrogen (secondary N) is 2. The maximum atomic E-state index is 11.7. The van der Waals surface area contributed by atoms with Crippen LogP contribution in [0.1, 0.15) is 33.1 Å². The average Bonchev–Trinajstić information content (AvgIpc) is 2.46. The second kappa shape index (κ2) is 7.17. The van der Waals surface area contributed by atoms with Crippen LogP contribution in [0.5, 0.6) is 0 Å². The van der Waals surface area contributed by atoms with Gasteiger partial charge in [-0.2, -0.15) is 0 Å². The van der Waals surface area contributed by atoms with E-state index in [2.05, 4.69) is 27.7 Å². The first-order chi connectivity index (χ1) is 9.66. The lowest BCUT2D eigenvalue weighted by Crippen LogP contribution is -2.35. The van der Waals surface area contributed by atoms with Gasteiger partial charge in [0.25, 0.3) is 0 Å². The Kier molecular flexibility index (Phi) is 5.27. The number of anilines is 2. The molecule has 2 N–H and O–H groups in total. The minimum atomic E-state index is 0.0356. The van der Waals surface area contributed by atoms with Crippen molar-refractivity contribution in [3.05, 3.63) is 24.3 Å². The van der Waals surface area contributed by atoms with Crippen LogP contribution >= 0.6 is 0 Å². The van der Waals surface area contributed by atoms with Crippen LogP contribution in [0, 0.1) is 0 Å². The van der Waals surface area contributed by atoms with Gasteiger partial charge in [-0.15, -0.1) is 0 Å². The van der Waals surface area contributed by atoms with Crippen molar-refractivity contribution in [3.63, 3.8) is 0 Å². The third-order valence-electron chi connectivity index (χ3n) is 3.49. The lowest BCUT2D eigenvalue weighted by Gasteiger charge is -2.30. The van der Waals surface area contributed by atoms with E-state index in [4.69, 9.17) is 0 Å². The van der Waals surface area contributed by atoms with Crippen molar-refractivity contribution < 1.29 is 4.79 Å². The van der Waals surface area contributed by atoms with Crippen LogP contribution in [-0.4, -0.2) is 31.6 Å². The third kappa shape index (κ3) is 4.15. The van der Waals surface area contributed by atoms with E-state index in [1.807, 2.05) is 26.0 Å². The number of hydrogen-bond donors (Lipinski definition) is 2. The van der Waals surface area contributed by atoms with Crippen molar-refractivity contribution in [1.82, 2.24) is 5.32 Å². The van der Waals surface area contributed by atoms with E-state index in [0.29, 0.717) is 6.54 Å². The largest absolute Gasteiger partial charge is 0.374 e. The zero-order valence-corrected chi connectivity index (χ0v) is 12.5. The molecule has 1 aliphatic rings. The summed E-state index contributed by atoms with van der Waals surface area (Å²) in [5.41, 5.74) is 2.26. The second-order valence-electron chi connectivity index (χ2n) is 5.64. The third-order valence-corrected chi connectivity index (χ3v) is 3.49. The molecule has 0 spiro atoms. The Balaban J connectivity index is 1.98. The summed E-state index contributed by atoms with van der Waals surface area (Å²) in [5.74, 6) is 0.0356. The van der Waals surface area contributed by atoms with Crippen LogP contribution in [0.4, 0.5) is 11.4 Å². The fraction of sp³-hybridized carbons (Fsp3) is 0.562. The molecule has 1 fully saturated rings. The molecule has 0 bridgehead atoms. The van der Waals surface area contributed by atoms with E-state index in [1.54, 1.807) is 0 Å². The first kappa shape index (κ1) is 14.7. The first-order valence-corrected chi connectivity index (χ1v) is 7.54. The fourth-order valence-electron chi connectivity index (χ4n) is 2.58. The van der Waals surface area contributed by atoms with Gasteiger partial charge in [-0.3, -0.25) is 4.79 Å². The molecule has 4 nitrogen and oxygen atoms in total. The summed E-state index contributed by atoms with van der Waals surface area (Å²) < 4.78 is 0. The summed E-state index contributed by atoms with van der Waals surface area (Å²) in [4.78, 5) is 14.1. The van der Waals surface area contributed by atoms with E-state index in [0.717, 1.165) is 18.8 Å². The molecule has 0 aliphatic carbocycles. The van der Waals surface area contributed by atoms with Gasteiger partial charge in [-0.25, -0.2) is 0 Å². The highest BCUT2D eigenvalue weighted by Gasteiger charge is 2.14. The van der Waals surface area contributed by atoms with Crippen LogP contribution in [0.15, 0.2) is 24.3 Å². The Morgan fingerprint density at radius 1 is 1.20 bits per heavy atom. The molecule has 1 amide bonds. The molecular weight excluding hydrogens is 250 g/mol. The number of benzene rings is 1. The Morgan fingerprint density at radius 2 is 1.90 bits per heavy atom. The number of carbonyl (C=O) groups is 1. The highest BCUT2D eigenvalue weighted by Crippen LogP contribution is 2.27. The molecule has 1 aromatic carbocycles. The molecule has 0 atom stereocenters. The molecule has 4 heteroatoms. The predicted molar refractivity (Wildman–Crippen MR) is 84.3 cm³/mol. The molecular formula is C16H25N3O. The van der Waals surface area contributed by atoms with Crippen molar-refractivity contribution in [3.8, 4) is 0 Å². The molecule has 0 saturated carbocycles. The molecule has 1 heterocycles. The minimum absolute atomic E-state index is 0.0356. The molecule has 1 aromatic rings. The maximum absolute atomic E-state index is 11.7. The second-order valence-corrected chi connectivity index (χ2v) is 5.64. The zero-order chi connectivity index (χ0) is 14.4. The topological polar surface area (TPSA) is 44.4 Å². The lowest BCUT2D eigenvalue weighted by atomic mass is 10.1. The normalized spacial score (nSPS) is 15.2. The Hall–Kier alpha value is -1.71. The standard InChI is InChI=1S/C16H25N3O/c1-13(2)18-16(20)12-17-14-8-4-5-9-15(14)19-10-6-3-7-11-19/h4-5,8-9,13,17H,3,6-7,10-12H2,1-2H3,(H,18,20). The first-order valence-electron chi connectivity index (χ1n) is 7.54. The van der Waals surface area contributed by atoms with Crippen LogP contribution in [0.25, 0.3) is 0 Å². The Labute approximate surface area is 121 Å². The van der Waals surface area contributed by atoms with Crippen molar-refractivity contribution >= 4 is 17.3 Å². The number of nitrogens with zero attached hydrogens (tertiary/aromatic N) is 1. The Bertz CT molecular complexity index is 439. The van der Waals surface area contributed by atoms with Crippen molar-refractivity contribution in [2.75, 3.05) is 29.9 Å². The maximum Gasteiger partial charge on any atom is 0.239 e. The van der Waals surface area contributed by atoms with Crippen LogP contribution in [0.2, 0.25) is 0 Å². The average molecular weight is 275 g/mol. The lowest BCUT2D eigenvalue weighted by molar-refractivity contribution is -0.119. The van der Waals surface area contributed by atoms with Gasteiger partial charge in [0.15, 0.2) is 0 Å². The zero-order valence-electron chi connectivity index (χ0n) is 12.5. The molecule has 2 rings (SSSR count). The van der Waals surface area contributed by atoms with E-state index >= 15 is 0 Å². The minimum Gasteiger partial charge on any atom is -0.374 e. The summed E-state index contributed by atoms with van der Waals surface area (Å²) >= 11 is 0. The van der Waals surface area contributed by atoms with E-state index in [9.17, 15) is 4.79 Å². The summed E-state index contributed by atoms with van der Waals surface area (Å²) in [6.45, 7) is 6.48. The summed E-state index contributed by atoms with van der Waals surface area (Å²) in [6.07, 6.45) is 3.83. The fourth-order valence-corrected chi connectivity index (χ4v) is 2.58. The monoisotopic (exact) mass is 275 g/mol. The number of carbonyl (C=O) groups excluding carboxylic acids is 1. The highest BCUT2D eigenvalue weighted by molar-refractivity contribution is 5.82. The van der Waals surface area contributed by atoms with Gasteiger partial charge in [0, 0.05) is 19.1 Å². The van der Waals surface area contributed by atoms with Crippen molar-refractivity contribution in [1.29, 1.82) is 0 Å². The van der Waals surface area contributed by atoms with Crippen LogP contribution in [0.3, 0.4) is 0 Å². The van der Waals surface area contributed by atoms with E-state index in [1.165, 1.54) is 24.9 Å². The van der Waals surface area contributed by atoms with E-state index < -0.39 is 0 Å². The SMILES string of the molecule is CC(C)NC(=O)CNc1ccccc1N1CCCCC1. The molecule has 0 unspecified atom stereocenters. The predicted octanol–water partition coefficient (Wildman–Crippen LogP) is 2.61. The number of amides is 1.